The van der Waals surface area contributed by atoms with Gasteiger partial charge in [0, 0.05) is 5.56 Å². The predicted molar refractivity (Wildman–Crippen MR) is 54.0 cm³/mol. The van der Waals surface area contributed by atoms with Gasteiger partial charge >= 0.3 is 0 Å². The van der Waals surface area contributed by atoms with Gasteiger partial charge in [-0.1, -0.05) is 18.2 Å². The number of para-hydroxylation sites is 1. The Balaban J connectivity index is 0.00000144. The number of benzene rings is 1. The summed E-state index contributed by atoms with van der Waals surface area (Å²) < 4.78 is 0. The van der Waals surface area contributed by atoms with E-state index >= 15 is 0 Å². The van der Waals surface area contributed by atoms with Crippen LogP contribution < -0.4 is 5.73 Å². The summed E-state index contributed by atoms with van der Waals surface area (Å²) in [6.45, 7) is 1.59. The minimum Gasteiger partial charge on any atom is -0.508 e. The molecule has 0 saturated carbocycles. The van der Waals surface area contributed by atoms with Crippen molar-refractivity contribution < 1.29 is 10.2 Å². The standard InChI is InChI=1S/C9H13NO2.ClH/c1-6(11)9(10)7-4-2-3-5-8(7)12;/h2-6,9,11-12H,10H2,1H3;1H/t6-,9-;/m1./s1. The molecular weight excluding hydrogens is 190 g/mol. The number of hydrogen-bond acceptors (Lipinski definition) is 3. The van der Waals surface area contributed by atoms with Crippen LogP contribution in [-0.4, -0.2) is 16.3 Å². The molecule has 0 unspecified atom stereocenters. The summed E-state index contributed by atoms with van der Waals surface area (Å²) in [7, 11) is 0. The largest absolute Gasteiger partial charge is 0.508 e. The Morgan fingerprint density at radius 3 is 2.31 bits per heavy atom. The SMILES string of the molecule is C[C@@H](O)[C@@H](N)c1ccccc1O.Cl. The van der Waals surface area contributed by atoms with Crippen molar-refractivity contribution >= 4 is 12.4 Å². The fourth-order valence-electron chi connectivity index (χ4n) is 1.03. The summed E-state index contributed by atoms with van der Waals surface area (Å²) in [5.74, 6) is 0.130. The third-order valence-electron chi connectivity index (χ3n) is 1.82. The van der Waals surface area contributed by atoms with E-state index in [1.807, 2.05) is 0 Å². The molecular formula is C9H14ClNO2. The number of aliphatic hydroxyl groups excluding tert-OH is 1. The normalized spacial score (nSPS) is 14.4. The number of hydrogen-bond donors (Lipinski definition) is 3. The van der Waals surface area contributed by atoms with Crippen LogP contribution in [0.5, 0.6) is 5.75 Å². The summed E-state index contributed by atoms with van der Waals surface area (Å²) in [6, 6.07) is 6.22. The quantitative estimate of drug-likeness (QED) is 0.677. The van der Waals surface area contributed by atoms with Gasteiger partial charge in [0.15, 0.2) is 0 Å². The van der Waals surface area contributed by atoms with Crippen LogP contribution in [0.25, 0.3) is 0 Å². The van der Waals surface area contributed by atoms with Gasteiger partial charge in [-0.2, -0.15) is 0 Å². The molecule has 3 nitrogen and oxygen atoms in total. The van der Waals surface area contributed by atoms with Crippen LogP contribution in [-0.2, 0) is 0 Å². The highest BCUT2D eigenvalue weighted by atomic mass is 35.5. The van der Waals surface area contributed by atoms with E-state index in [0.717, 1.165) is 0 Å². The smallest absolute Gasteiger partial charge is 0.120 e. The Bertz CT molecular complexity index is 266. The number of aliphatic hydroxyl groups is 1. The maximum atomic E-state index is 9.34. The molecule has 0 aliphatic heterocycles. The molecule has 1 aromatic rings. The van der Waals surface area contributed by atoms with E-state index in [1.165, 1.54) is 0 Å². The molecule has 0 saturated heterocycles. The van der Waals surface area contributed by atoms with Gasteiger partial charge in [-0.3, -0.25) is 0 Å². The first-order valence-electron chi connectivity index (χ1n) is 3.84. The monoisotopic (exact) mass is 203 g/mol. The molecule has 13 heavy (non-hydrogen) atoms. The topological polar surface area (TPSA) is 66.5 Å². The third kappa shape index (κ3) is 2.88. The summed E-state index contributed by atoms with van der Waals surface area (Å²) in [4.78, 5) is 0. The van der Waals surface area contributed by atoms with Gasteiger partial charge in [0.1, 0.15) is 5.75 Å². The van der Waals surface area contributed by atoms with Crippen LogP contribution >= 0.6 is 12.4 Å². The highest BCUT2D eigenvalue weighted by Gasteiger charge is 2.14. The van der Waals surface area contributed by atoms with E-state index in [9.17, 15) is 5.11 Å². The summed E-state index contributed by atoms with van der Waals surface area (Å²) in [6.07, 6.45) is -0.654. The first-order valence-corrected chi connectivity index (χ1v) is 3.84. The molecule has 1 aromatic carbocycles. The number of phenolic OH excluding ortho intramolecular Hbond substituents is 1. The maximum Gasteiger partial charge on any atom is 0.120 e. The average Bonchev–Trinajstić information content (AvgIpc) is 2.04. The van der Waals surface area contributed by atoms with Gasteiger partial charge in [0.05, 0.1) is 12.1 Å². The van der Waals surface area contributed by atoms with Gasteiger partial charge in [-0.05, 0) is 13.0 Å². The Morgan fingerprint density at radius 1 is 1.31 bits per heavy atom. The lowest BCUT2D eigenvalue weighted by atomic mass is 10.0. The lowest BCUT2D eigenvalue weighted by Gasteiger charge is -2.15. The van der Waals surface area contributed by atoms with Crippen molar-refractivity contribution in [1.29, 1.82) is 0 Å². The summed E-state index contributed by atoms with van der Waals surface area (Å²) in [5.41, 5.74) is 6.20. The minimum atomic E-state index is -0.654. The highest BCUT2D eigenvalue weighted by molar-refractivity contribution is 5.85. The number of nitrogens with two attached hydrogens (primary N) is 1. The van der Waals surface area contributed by atoms with Crippen LogP contribution in [0, 0.1) is 0 Å². The molecule has 0 bridgehead atoms. The zero-order valence-electron chi connectivity index (χ0n) is 7.34. The van der Waals surface area contributed by atoms with E-state index in [-0.39, 0.29) is 18.2 Å². The first kappa shape index (κ1) is 12.2. The second-order valence-electron chi connectivity index (χ2n) is 2.83. The summed E-state index contributed by atoms with van der Waals surface area (Å²) >= 11 is 0. The lowest BCUT2D eigenvalue weighted by Crippen LogP contribution is -2.23. The second kappa shape index (κ2) is 5.07. The molecule has 74 valence electrons. The molecule has 0 spiro atoms. The van der Waals surface area contributed by atoms with Gasteiger partial charge < -0.3 is 15.9 Å². The van der Waals surface area contributed by atoms with E-state index < -0.39 is 12.1 Å². The van der Waals surface area contributed by atoms with Crippen LogP contribution in [0.4, 0.5) is 0 Å². The molecule has 4 heteroatoms. The molecule has 0 radical (unpaired) electrons. The Morgan fingerprint density at radius 2 is 1.85 bits per heavy atom. The molecule has 0 aliphatic rings. The Hall–Kier alpha value is -0.770. The van der Waals surface area contributed by atoms with Crippen molar-refractivity contribution in [3.8, 4) is 5.75 Å². The van der Waals surface area contributed by atoms with Gasteiger partial charge in [-0.15, -0.1) is 12.4 Å². The van der Waals surface area contributed by atoms with Crippen molar-refractivity contribution in [2.45, 2.75) is 19.1 Å². The molecule has 0 aromatic heterocycles. The van der Waals surface area contributed by atoms with Crippen LogP contribution in [0.2, 0.25) is 0 Å². The number of rotatable bonds is 2. The highest BCUT2D eigenvalue weighted by Crippen LogP contribution is 2.23. The molecule has 0 amide bonds. The van der Waals surface area contributed by atoms with E-state index in [4.69, 9.17) is 10.8 Å². The number of halogens is 1. The van der Waals surface area contributed by atoms with Gasteiger partial charge in [0.25, 0.3) is 0 Å². The zero-order valence-corrected chi connectivity index (χ0v) is 8.16. The van der Waals surface area contributed by atoms with Crippen molar-refractivity contribution in [2.75, 3.05) is 0 Å². The van der Waals surface area contributed by atoms with E-state index in [1.54, 1.807) is 31.2 Å². The Labute approximate surface area is 83.6 Å². The second-order valence-corrected chi connectivity index (χ2v) is 2.83. The minimum absolute atomic E-state index is 0. The van der Waals surface area contributed by atoms with Crippen molar-refractivity contribution in [1.82, 2.24) is 0 Å². The maximum absolute atomic E-state index is 9.34. The number of aromatic hydroxyl groups is 1. The third-order valence-corrected chi connectivity index (χ3v) is 1.82. The van der Waals surface area contributed by atoms with Crippen molar-refractivity contribution in [2.24, 2.45) is 5.73 Å². The van der Waals surface area contributed by atoms with Gasteiger partial charge in [-0.25, -0.2) is 0 Å². The van der Waals surface area contributed by atoms with Gasteiger partial charge in [0.2, 0.25) is 0 Å². The zero-order chi connectivity index (χ0) is 9.14. The molecule has 1 rings (SSSR count). The van der Waals surface area contributed by atoms with Crippen molar-refractivity contribution in [3.05, 3.63) is 29.8 Å². The van der Waals surface area contributed by atoms with E-state index in [0.29, 0.717) is 5.56 Å². The molecule has 4 N–H and O–H groups in total. The molecule has 0 heterocycles. The van der Waals surface area contributed by atoms with Crippen LogP contribution in [0.1, 0.15) is 18.5 Å². The molecule has 0 fully saturated rings. The molecule has 2 atom stereocenters. The predicted octanol–water partition coefficient (Wildman–Crippen LogP) is 1.19. The average molecular weight is 204 g/mol. The van der Waals surface area contributed by atoms with Crippen molar-refractivity contribution in [3.63, 3.8) is 0 Å². The van der Waals surface area contributed by atoms with Crippen LogP contribution in [0.15, 0.2) is 24.3 Å². The van der Waals surface area contributed by atoms with Crippen LogP contribution in [0.3, 0.4) is 0 Å². The van der Waals surface area contributed by atoms with E-state index in [2.05, 4.69) is 0 Å². The summed E-state index contributed by atoms with van der Waals surface area (Å²) in [5, 5.41) is 18.5. The fraction of sp³-hybridized carbons (Fsp3) is 0.333. The molecule has 0 aliphatic carbocycles. The fourth-order valence-corrected chi connectivity index (χ4v) is 1.03. The lowest BCUT2D eigenvalue weighted by molar-refractivity contribution is 0.163. The number of phenols is 1. The Kier molecular flexibility index (Phi) is 4.77. The first-order chi connectivity index (χ1) is 5.63.